The molecule has 1 aromatic rings. The summed E-state index contributed by atoms with van der Waals surface area (Å²) in [6.45, 7) is 9.05. The molecule has 0 aromatic heterocycles. The molecule has 4 heteroatoms. The van der Waals surface area contributed by atoms with E-state index < -0.39 is 0 Å². The van der Waals surface area contributed by atoms with Crippen LogP contribution in [0, 0.1) is 16.7 Å². The number of nitrogens with zero attached hydrogens (tertiary/aromatic N) is 1. The Morgan fingerprint density at radius 2 is 1.83 bits per heavy atom. The first-order valence-electron chi connectivity index (χ1n) is 11.7. The highest BCUT2D eigenvalue weighted by molar-refractivity contribution is 7.80. The number of para-hydroxylation sites is 1. The van der Waals surface area contributed by atoms with Crippen LogP contribution in [-0.2, 0) is 4.74 Å². The highest BCUT2D eigenvalue weighted by Crippen LogP contribution is 2.66. The number of thiocarbonyl (C=S) groups is 1. The van der Waals surface area contributed by atoms with Crippen LogP contribution in [0.3, 0.4) is 0 Å². The summed E-state index contributed by atoms with van der Waals surface area (Å²) in [5.41, 5.74) is 1.81. The van der Waals surface area contributed by atoms with E-state index in [0.29, 0.717) is 23.0 Å². The third-order valence-corrected chi connectivity index (χ3v) is 9.00. The molecule has 29 heavy (non-hydrogen) atoms. The summed E-state index contributed by atoms with van der Waals surface area (Å²) in [6.07, 6.45) is 10.8. The van der Waals surface area contributed by atoms with Gasteiger partial charge in [-0.3, -0.25) is 0 Å². The van der Waals surface area contributed by atoms with E-state index in [4.69, 9.17) is 17.0 Å². The van der Waals surface area contributed by atoms with Gasteiger partial charge in [0.2, 0.25) is 0 Å². The van der Waals surface area contributed by atoms with Gasteiger partial charge in [-0.2, -0.15) is 0 Å². The third-order valence-electron chi connectivity index (χ3n) is 8.67. The zero-order chi connectivity index (χ0) is 20.5. The Morgan fingerprint density at radius 1 is 1.10 bits per heavy atom. The molecule has 2 bridgehead atoms. The number of benzene rings is 1. The van der Waals surface area contributed by atoms with E-state index in [1.165, 1.54) is 51.4 Å². The smallest absolute Gasteiger partial charge is 0.173 e. The van der Waals surface area contributed by atoms with E-state index in [2.05, 4.69) is 55.3 Å². The van der Waals surface area contributed by atoms with E-state index in [1.54, 1.807) is 0 Å². The first kappa shape index (κ1) is 21.1. The van der Waals surface area contributed by atoms with Gasteiger partial charge in [0.25, 0.3) is 0 Å². The fourth-order valence-corrected chi connectivity index (χ4v) is 6.59. The Hall–Kier alpha value is -1.13. The number of hydrogen-bond donors (Lipinski definition) is 1. The molecular formula is C25H38N2OS. The van der Waals surface area contributed by atoms with Crippen LogP contribution in [0.2, 0.25) is 0 Å². The van der Waals surface area contributed by atoms with Crippen molar-refractivity contribution in [3.63, 3.8) is 0 Å². The topological polar surface area (TPSA) is 24.5 Å². The van der Waals surface area contributed by atoms with Gasteiger partial charge in [-0.15, -0.1) is 0 Å². The Kier molecular flexibility index (Phi) is 6.22. The number of fused-ring (bicyclic) bond motifs is 2. The molecule has 3 fully saturated rings. The summed E-state index contributed by atoms with van der Waals surface area (Å²) in [4.78, 5) is 2.42. The van der Waals surface area contributed by atoms with Crippen LogP contribution >= 0.6 is 12.2 Å². The molecular weight excluding hydrogens is 376 g/mol. The minimum Gasteiger partial charge on any atom is -0.376 e. The molecule has 0 amide bonds. The Balaban J connectivity index is 1.37. The van der Waals surface area contributed by atoms with Crippen molar-refractivity contribution < 1.29 is 4.74 Å². The van der Waals surface area contributed by atoms with Crippen LogP contribution in [0.15, 0.2) is 30.3 Å². The summed E-state index contributed by atoms with van der Waals surface area (Å²) in [7, 11) is 0. The van der Waals surface area contributed by atoms with Gasteiger partial charge in [0.15, 0.2) is 5.11 Å². The molecule has 0 unspecified atom stereocenters. The number of rotatable bonds is 6. The summed E-state index contributed by atoms with van der Waals surface area (Å²) in [6, 6.07) is 10.9. The highest BCUT2D eigenvalue weighted by Gasteiger charge is 2.61. The predicted molar refractivity (Wildman–Crippen MR) is 125 cm³/mol. The van der Waals surface area contributed by atoms with Crippen molar-refractivity contribution in [2.45, 2.75) is 84.3 Å². The van der Waals surface area contributed by atoms with E-state index in [-0.39, 0.29) is 0 Å². The lowest BCUT2D eigenvalue weighted by atomic mass is 9.70. The average Bonchev–Trinajstić information content (AvgIpc) is 3.06. The SMILES string of the molecule is CC1(C)[C@H]2CC[C@@]1(C)[C@@H](OCCN(C(=S)Nc1ccccc1)C1CCCCC1)C2. The first-order chi connectivity index (χ1) is 13.9. The van der Waals surface area contributed by atoms with Gasteiger partial charge < -0.3 is 15.0 Å². The molecule has 0 heterocycles. The molecule has 3 aliphatic carbocycles. The molecule has 3 saturated carbocycles. The van der Waals surface area contributed by atoms with Crippen LogP contribution in [0.4, 0.5) is 5.69 Å². The van der Waals surface area contributed by atoms with Gasteiger partial charge in [-0.05, 0) is 73.2 Å². The van der Waals surface area contributed by atoms with Crippen LogP contribution in [0.5, 0.6) is 0 Å². The van der Waals surface area contributed by atoms with Crippen molar-refractivity contribution in [3.05, 3.63) is 30.3 Å². The van der Waals surface area contributed by atoms with E-state index in [0.717, 1.165) is 29.9 Å². The Labute approximate surface area is 182 Å². The summed E-state index contributed by atoms with van der Waals surface area (Å²) >= 11 is 5.86. The molecule has 0 radical (unpaired) electrons. The fraction of sp³-hybridized carbons (Fsp3) is 0.720. The summed E-state index contributed by atoms with van der Waals surface area (Å²) in [5, 5.41) is 4.32. The van der Waals surface area contributed by atoms with Crippen molar-refractivity contribution >= 4 is 23.0 Å². The molecule has 0 saturated heterocycles. The maximum atomic E-state index is 6.57. The minimum atomic E-state index is 0.329. The standard InChI is InChI=1S/C25H38N2OS/c1-24(2)19-14-15-25(24,3)22(18-19)28-17-16-27(21-12-8-5-9-13-21)23(29)26-20-10-6-4-7-11-20/h4,6-7,10-11,19,21-22H,5,8-9,12-18H2,1-3H3,(H,26,29)/t19-,22-,25-/m0/s1. The fourth-order valence-electron chi connectivity index (χ4n) is 6.24. The highest BCUT2D eigenvalue weighted by atomic mass is 32.1. The van der Waals surface area contributed by atoms with Crippen molar-refractivity contribution in [2.24, 2.45) is 16.7 Å². The van der Waals surface area contributed by atoms with E-state index >= 15 is 0 Å². The normalized spacial score (nSPS) is 31.0. The lowest BCUT2D eigenvalue weighted by molar-refractivity contribution is -0.0505. The molecule has 1 N–H and O–H groups in total. The zero-order valence-corrected chi connectivity index (χ0v) is 19.3. The lowest BCUT2D eigenvalue weighted by Crippen LogP contribution is -2.46. The largest absolute Gasteiger partial charge is 0.376 e. The van der Waals surface area contributed by atoms with Crippen LogP contribution in [0.25, 0.3) is 0 Å². The lowest BCUT2D eigenvalue weighted by Gasteiger charge is -2.40. The molecule has 3 atom stereocenters. The molecule has 1 aromatic carbocycles. The van der Waals surface area contributed by atoms with Gasteiger partial charge >= 0.3 is 0 Å². The number of nitrogens with one attached hydrogen (secondary N) is 1. The quantitative estimate of drug-likeness (QED) is 0.556. The Bertz CT molecular complexity index is 700. The summed E-state index contributed by atoms with van der Waals surface area (Å²) in [5.74, 6) is 0.827. The molecule has 4 rings (SSSR count). The van der Waals surface area contributed by atoms with E-state index in [1.807, 2.05) is 6.07 Å². The monoisotopic (exact) mass is 414 g/mol. The number of ether oxygens (including phenoxy) is 1. The van der Waals surface area contributed by atoms with Crippen molar-refractivity contribution in [1.82, 2.24) is 4.90 Å². The molecule has 0 spiro atoms. The van der Waals surface area contributed by atoms with Gasteiger partial charge in [-0.1, -0.05) is 58.2 Å². The second kappa shape index (κ2) is 8.55. The predicted octanol–water partition coefficient (Wildman–Crippen LogP) is 6.25. The molecule has 0 aliphatic heterocycles. The van der Waals surface area contributed by atoms with Gasteiger partial charge in [0.1, 0.15) is 0 Å². The van der Waals surface area contributed by atoms with Gasteiger partial charge in [0.05, 0.1) is 12.7 Å². The van der Waals surface area contributed by atoms with Crippen LogP contribution in [0.1, 0.15) is 72.1 Å². The molecule has 160 valence electrons. The zero-order valence-electron chi connectivity index (χ0n) is 18.5. The second-order valence-electron chi connectivity index (χ2n) is 10.3. The third kappa shape index (κ3) is 4.07. The summed E-state index contributed by atoms with van der Waals surface area (Å²) < 4.78 is 6.57. The first-order valence-corrected chi connectivity index (χ1v) is 12.1. The molecule has 3 aliphatic rings. The minimum absolute atomic E-state index is 0.329. The van der Waals surface area contributed by atoms with E-state index in [9.17, 15) is 0 Å². The number of anilines is 1. The van der Waals surface area contributed by atoms with Crippen molar-refractivity contribution in [1.29, 1.82) is 0 Å². The molecule has 3 nitrogen and oxygen atoms in total. The van der Waals surface area contributed by atoms with Crippen molar-refractivity contribution in [3.8, 4) is 0 Å². The van der Waals surface area contributed by atoms with Gasteiger partial charge in [0, 0.05) is 18.3 Å². The van der Waals surface area contributed by atoms with Crippen LogP contribution in [-0.4, -0.2) is 35.3 Å². The second-order valence-corrected chi connectivity index (χ2v) is 10.6. The maximum absolute atomic E-state index is 6.57. The maximum Gasteiger partial charge on any atom is 0.173 e. The van der Waals surface area contributed by atoms with Crippen molar-refractivity contribution in [2.75, 3.05) is 18.5 Å². The van der Waals surface area contributed by atoms with Crippen LogP contribution < -0.4 is 5.32 Å². The Morgan fingerprint density at radius 3 is 2.45 bits per heavy atom. The average molecular weight is 415 g/mol. The van der Waals surface area contributed by atoms with Gasteiger partial charge in [-0.25, -0.2) is 0 Å². The number of hydrogen-bond acceptors (Lipinski definition) is 2.